The number of aromatic amines is 1. The first-order chi connectivity index (χ1) is 8.78. The van der Waals surface area contributed by atoms with Crippen LogP contribution in [-0.4, -0.2) is 45.9 Å². The van der Waals surface area contributed by atoms with Crippen LogP contribution in [0.5, 0.6) is 0 Å². The molecule has 0 aromatic carbocycles. The Bertz CT molecular complexity index is 399. The van der Waals surface area contributed by atoms with Crippen LogP contribution in [0.3, 0.4) is 0 Å². The summed E-state index contributed by atoms with van der Waals surface area (Å²) in [6.45, 7) is 2.98. The molecule has 1 N–H and O–H groups in total. The van der Waals surface area contributed by atoms with E-state index >= 15 is 0 Å². The van der Waals surface area contributed by atoms with Crippen molar-refractivity contribution in [3.8, 4) is 0 Å². The number of nitrogens with one attached hydrogen (secondary N) is 1. The van der Waals surface area contributed by atoms with Crippen LogP contribution in [0, 0.1) is 6.92 Å². The molecule has 2 fully saturated rings. The first-order valence-corrected chi connectivity index (χ1v) is 6.95. The van der Waals surface area contributed by atoms with Gasteiger partial charge < -0.3 is 4.74 Å². The van der Waals surface area contributed by atoms with E-state index in [1.54, 1.807) is 0 Å². The average molecular weight is 250 g/mol. The van der Waals surface area contributed by atoms with Crippen molar-refractivity contribution in [3.63, 3.8) is 0 Å². The van der Waals surface area contributed by atoms with Crippen molar-refractivity contribution >= 4 is 0 Å². The third-order valence-electron chi connectivity index (χ3n) is 4.34. The lowest BCUT2D eigenvalue weighted by molar-refractivity contribution is 0.0997. The fourth-order valence-electron chi connectivity index (χ4n) is 3.39. The molecule has 1 saturated heterocycles. The summed E-state index contributed by atoms with van der Waals surface area (Å²) in [4.78, 5) is 7.09. The van der Waals surface area contributed by atoms with Crippen LogP contribution in [0.25, 0.3) is 0 Å². The van der Waals surface area contributed by atoms with Gasteiger partial charge in [-0.3, -0.25) is 10.00 Å². The summed E-state index contributed by atoms with van der Waals surface area (Å²) in [5, 5.41) is 7.32. The topological polar surface area (TPSA) is 54.0 Å². The number of aryl methyl sites for hydroxylation is 1. The third kappa shape index (κ3) is 2.17. The molecular weight excluding hydrogens is 228 g/mol. The molecule has 0 spiro atoms. The summed E-state index contributed by atoms with van der Waals surface area (Å²) in [7, 11) is 1.81. The molecule has 18 heavy (non-hydrogen) atoms. The molecule has 100 valence electrons. The van der Waals surface area contributed by atoms with Gasteiger partial charge >= 0.3 is 0 Å². The molecule has 5 nitrogen and oxygen atoms in total. The minimum absolute atomic E-state index is 0.328. The molecule has 1 aliphatic carbocycles. The lowest BCUT2D eigenvalue weighted by Gasteiger charge is -2.28. The van der Waals surface area contributed by atoms with Gasteiger partial charge in [-0.25, -0.2) is 4.98 Å². The molecule has 5 heteroatoms. The Hall–Kier alpha value is -0.940. The number of H-pyrrole nitrogens is 1. The molecule has 1 aromatic heterocycles. The predicted octanol–water partition coefficient (Wildman–Crippen LogP) is 1.82. The highest BCUT2D eigenvalue weighted by Crippen LogP contribution is 2.37. The van der Waals surface area contributed by atoms with Gasteiger partial charge in [0.2, 0.25) is 0 Å². The summed E-state index contributed by atoms with van der Waals surface area (Å²) in [5.41, 5.74) is 0. The van der Waals surface area contributed by atoms with E-state index in [2.05, 4.69) is 20.1 Å². The maximum absolute atomic E-state index is 5.55. The molecule has 1 aromatic rings. The van der Waals surface area contributed by atoms with Crippen LogP contribution in [0.2, 0.25) is 0 Å². The number of methoxy groups -OCH3 is 1. The van der Waals surface area contributed by atoms with Gasteiger partial charge in [0.15, 0.2) is 5.82 Å². The van der Waals surface area contributed by atoms with Crippen molar-refractivity contribution in [2.24, 2.45) is 0 Å². The summed E-state index contributed by atoms with van der Waals surface area (Å²) >= 11 is 0. The summed E-state index contributed by atoms with van der Waals surface area (Å²) in [6.07, 6.45) is 6.70. The molecule has 3 rings (SSSR count). The van der Waals surface area contributed by atoms with Crippen molar-refractivity contribution in [1.82, 2.24) is 20.1 Å². The lowest BCUT2D eigenvalue weighted by Crippen LogP contribution is -2.34. The van der Waals surface area contributed by atoms with E-state index in [0.29, 0.717) is 18.2 Å². The summed E-state index contributed by atoms with van der Waals surface area (Å²) in [6, 6.07) is 1.04. The Morgan fingerprint density at radius 2 is 2.11 bits per heavy atom. The Balaban J connectivity index is 1.80. The van der Waals surface area contributed by atoms with Gasteiger partial charge in [0, 0.05) is 19.7 Å². The van der Waals surface area contributed by atoms with E-state index in [-0.39, 0.29) is 0 Å². The van der Waals surface area contributed by atoms with Crippen LogP contribution >= 0.6 is 0 Å². The molecular formula is C13H22N4O. The maximum Gasteiger partial charge on any atom is 0.167 e. The van der Waals surface area contributed by atoms with Crippen molar-refractivity contribution in [2.45, 2.75) is 57.2 Å². The molecule has 1 saturated carbocycles. The highest BCUT2D eigenvalue weighted by molar-refractivity contribution is 5.03. The predicted molar refractivity (Wildman–Crippen MR) is 68.2 cm³/mol. The number of hydrogen-bond acceptors (Lipinski definition) is 4. The number of hydrogen-bond donors (Lipinski definition) is 1. The van der Waals surface area contributed by atoms with Gasteiger partial charge in [0.25, 0.3) is 0 Å². The highest BCUT2D eigenvalue weighted by atomic mass is 16.5. The zero-order valence-electron chi connectivity index (χ0n) is 11.2. The van der Waals surface area contributed by atoms with Crippen molar-refractivity contribution in [3.05, 3.63) is 11.6 Å². The average Bonchev–Trinajstić information content (AvgIpc) is 3.07. The van der Waals surface area contributed by atoms with Crippen LogP contribution in [0.15, 0.2) is 0 Å². The minimum Gasteiger partial charge on any atom is -0.380 e. The van der Waals surface area contributed by atoms with Gasteiger partial charge in [-0.15, -0.1) is 0 Å². The maximum atomic E-state index is 5.55. The number of aromatic nitrogens is 3. The van der Waals surface area contributed by atoms with Crippen LogP contribution < -0.4 is 0 Å². The van der Waals surface area contributed by atoms with E-state index in [1.807, 2.05) is 14.0 Å². The molecule has 2 atom stereocenters. The van der Waals surface area contributed by atoms with E-state index in [0.717, 1.165) is 24.6 Å². The Labute approximate surface area is 108 Å². The quantitative estimate of drug-likeness (QED) is 0.889. The van der Waals surface area contributed by atoms with E-state index in [1.165, 1.54) is 25.7 Å². The summed E-state index contributed by atoms with van der Waals surface area (Å²) < 4.78 is 5.55. The highest BCUT2D eigenvalue weighted by Gasteiger charge is 2.40. The normalized spacial score (nSPS) is 30.3. The van der Waals surface area contributed by atoms with Crippen molar-refractivity contribution in [2.75, 3.05) is 13.7 Å². The van der Waals surface area contributed by atoms with Crippen LogP contribution in [-0.2, 0) is 4.74 Å². The van der Waals surface area contributed by atoms with Gasteiger partial charge in [-0.1, -0.05) is 12.8 Å². The van der Waals surface area contributed by atoms with Crippen molar-refractivity contribution in [1.29, 1.82) is 0 Å². The van der Waals surface area contributed by atoms with E-state index < -0.39 is 0 Å². The fraction of sp³-hybridized carbons (Fsp3) is 0.846. The third-order valence-corrected chi connectivity index (χ3v) is 4.34. The molecule has 1 aliphatic heterocycles. The molecule has 0 unspecified atom stereocenters. The lowest BCUT2D eigenvalue weighted by atomic mass is 10.1. The Morgan fingerprint density at radius 1 is 1.33 bits per heavy atom. The van der Waals surface area contributed by atoms with E-state index in [9.17, 15) is 0 Å². The molecule has 2 aliphatic rings. The molecule has 0 radical (unpaired) electrons. The first kappa shape index (κ1) is 12.1. The molecule has 2 heterocycles. The first-order valence-electron chi connectivity index (χ1n) is 6.95. The summed E-state index contributed by atoms with van der Waals surface area (Å²) in [5.74, 6) is 1.84. The number of likely N-dealkylation sites (tertiary alicyclic amines) is 1. The van der Waals surface area contributed by atoms with Gasteiger partial charge in [-0.2, -0.15) is 5.10 Å². The largest absolute Gasteiger partial charge is 0.380 e. The smallest absolute Gasteiger partial charge is 0.167 e. The molecule has 0 bridgehead atoms. The Morgan fingerprint density at radius 3 is 2.72 bits per heavy atom. The number of rotatable bonds is 3. The zero-order valence-corrected chi connectivity index (χ0v) is 11.2. The number of ether oxygens (including phenoxy) is 1. The van der Waals surface area contributed by atoms with E-state index in [4.69, 9.17) is 4.74 Å². The van der Waals surface area contributed by atoms with Crippen LogP contribution in [0.1, 0.15) is 49.8 Å². The minimum atomic E-state index is 0.328. The van der Waals surface area contributed by atoms with Gasteiger partial charge in [-0.05, 0) is 26.2 Å². The van der Waals surface area contributed by atoms with Gasteiger partial charge in [0.1, 0.15) is 5.82 Å². The monoisotopic (exact) mass is 250 g/mol. The van der Waals surface area contributed by atoms with Gasteiger partial charge in [0.05, 0.1) is 12.1 Å². The molecule has 0 amide bonds. The second-order valence-corrected chi connectivity index (χ2v) is 5.52. The SMILES string of the molecule is CO[C@H]1C[C@@H](c2n[nH]c(C)n2)N(C2CCCC2)C1. The zero-order chi connectivity index (χ0) is 12.5. The second kappa shape index (κ2) is 4.97. The van der Waals surface area contributed by atoms with Crippen molar-refractivity contribution < 1.29 is 4.74 Å². The Kier molecular flexibility index (Phi) is 3.35. The standard InChI is InChI=1S/C13H22N4O/c1-9-14-13(16-15-9)12-7-11(18-2)8-17(12)10-5-3-4-6-10/h10-12H,3-8H2,1-2H3,(H,14,15,16)/t11-,12-/m0/s1. The number of nitrogens with zero attached hydrogens (tertiary/aromatic N) is 3. The fourth-order valence-corrected chi connectivity index (χ4v) is 3.39. The second-order valence-electron chi connectivity index (χ2n) is 5.52. The van der Waals surface area contributed by atoms with Crippen LogP contribution in [0.4, 0.5) is 0 Å².